The number of carbonyl (C=O) groups is 2. The van der Waals surface area contributed by atoms with Crippen LogP contribution in [-0.4, -0.2) is 28.7 Å². The van der Waals surface area contributed by atoms with Crippen LogP contribution < -0.4 is 10.6 Å². The highest BCUT2D eigenvalue weighted by atomic mass is 16.2. The predicted octanol–water partition coefficient (Wildman–Crippen LogP) is 3.29. The van der Waals surface area contributed by atoms with Crippen molar-refractivity contribution in [2.24, 2.45) is 5.10 Å². The Bertz CT molecular complexity index is 877. The summed E-state index contributed by atoms with van der Waals surface area (Å²) < 4.78 is 0. The van der Waals surface area contributed by atoms with Crippen molar-refractivity contribution in [1.29, 1.82) is 0 Å². The van der Waals surface area contributed by atoms with Crippen molar-refractivity contribution in [3.63, 3.8) is 0 Å². The van der Waals surface area contributed by atoms with Crippen LogP contribution in [0.3, 0.4) is 0 Å². The fourth-order valence-corrected chi connectivity index (χ4v) is 3.01. The molecule has 0 aliphatic carbocycles. The van der Waals surface area contributed by atoms with Gasteiger partial charge in [0.1, 0.15) is 5.84 Å². The van der Waals surface area contributed by atoms with Gasteiger partial charge >= 0.3 is 0 Å². The number of hydrogen-bond donors (Lipinski definition) is 2. The van der Waals surface area contributed by atoms with Gasteiger partial charge in [-0.25, -0.2) is 0 Å². The summed E-state index contributed by atoms with van der Waals surface area (Å²) in [6.45, 7) is 6.13. The summed E-state index contributed by atoms with van der Waals surface area (Å²) in [4.78, 5) is 23.9. The molecule has 6 nitrogen and oxygen atoms in total. The van der Waals surface area contributed by atoms with Crippen LogP contribution in [0.2, 0.25) is 0 Å². The number of carbonyl (C=O) groups excluding carboxylic acids is 2. The molecule has 1 atom stereocenters. The summed E-state index contributed by atoms with van der Waals surface area (Å²) >= 11 is 0. The van der Waals surface area contributed by atoms with E-state index < -0.39 is 0 Å². The minimum absolute atomic E-state index is 0.166. The van der Waals surface area contributed by atoms with E-state index >= 15 is 0 Å². The van der Waals surface area contributed by atoms with Gasteiger partial charge in [-0.3, -0.25) is 14.6 Å². The molecule has 0 bridgehead atoms. The molecule has 2 aromatic carbocycles. The van der Waals surface area contributed by atoms with Gasteiger partial charge in [-0.1, -0.05) is 36.4 Å². The zero-order valence-corrected chi connectivity index (χ0v) is 15.8. The fraction of sp³-hybridized carbons (Fsp3) is 0.286. The van der Waals surface area contributed by atoms with Crippen LogP contribution in [0.1, 0.15) is 41.8 Å². The molecule has 0 radical (unpaired) electrons. The van der Waals surface area contributed by atoms with Crippen molar-refractivity contribution >= 4 is 23.3 Å². The molecule has 6 heteroatoms. The van der Waals surface area contributed by atoms with Crippen LogP contribution in [0.4, 0.5) is 5.69 Å². The van der Waals surface area contributed by atoms with Crippen LogP contribution in [0.5, 0.6) is 0 Å². The molecule has 0 spiro atoms. The van der Waals surface area contributed by atoms with E-state index in [1.165, 1.54) is 12.5 Å². The van der Waals surface area contributed by atoms with E-state index in [9.17, 15) is 9.59 Å². The maximum atomic E-state index is 12.6. The molecule has 0 saturated heterocycles. The maximum Gasteiger partial charge on any atom is 0.256 e. The smallest absolute Gasteiger partial charge is 0.256 e. The molecule has 27 heavy (non-hydrogen) atoms. The zero-order chi connectivity index (χ0) is 19.4. The molecule has 0 fully saturated rings. The standard InChI is InChI=1S/C21H24N4O2/c1-14-9-10-18(12-19(14)22-16(3)26)21(27)23-20-11-15(2)25(24-20)13-17-7-5-4-6-8-17/h4-10,12,15H,11,13H2,1-3H3,(H,22,26)(H,23,24,27)/t15-/m0/s1. The lowest BCUT2D eigenvalue weighted by molar-refractivity contribution is -0.114. The molecule has 1 aliphatic heterocycles. The van der Waals surface area contributed by atoms with Gasteiger partial charge < -0.3 is 10.6 Å². The van der Waals surface area contributed by atoms with Gasteiger partial charge in [-0.2, -0.15) is 5.10 Å². The number of rotatable bonds is 4. The second kappa shape index (κ2) is 8.03. The molecule has 0 aromatic heterocycles. The minimum Gasteiger partial charge on any atom is -0.326 e. The molecular weight excluding hydrogens is 340 g/mol. The Balaban J connectivity index is 1.69. The first-order valence-electron chi connectivity index (χ1n) is 9.00. The predicted molar refractivity (Wildman–Crippen MR) is 106 cm³/mol. The topological polar surface area (TPSA) is 73.8 Å². The number of anilines is 1. The summed E-state index contributed by atoms with van der Waals surface area (Å²) in [6, 6.07) is 15.6. The zero-order valence-electron chi connectivity index (χ0n) is 15.8. The Morgan fingerprint density at radius 1 is 1.15 bits per heavy atom. The largest absolute Gasteiger partial charge is 0.326 e. The maximum absolute atomic E-state index is 12.6. The van der Waals surface area contributed by atoms with E-state index in [-0.39, 0.29) is 17.9 Å². The Labute approximate surface area is 159 Å². The van der Waals surface area contributed by atoms with E-state index in [1.54, 1.807) is 12.1 Å². The summed E-state index contributed by atoms with van der Waals surface area (Å²) in [5.74, 6) is 0.264. The summed E-state index contributed by atoms with van der Waals surface area (Å²) in [5, 5.41) is 12.2. The van der Waals surface area contributed by atoms with Crippen LogP contribution in [0.15, 0.2) is 53.6 Å². The van der Waals surface area contributed by atoms with Crippen LogP contribution in [0, 0.1) is 6.92 Å². The number of benzene rings is 2. The quantitative estimate of drug-likeness (QED) is 0.874. The number of hydrazone groups is 1. The molecule has 3 rings (SSSR count). The summed E-state index contributed by atoms with van der Waals surface area (Å²) in [6.07, 6.45) is 0.684. The van der Waals surface area contributed by atoms with Crippen LogP contribution in [0.25, 0.3) is 0 Å². The molecule has 2 amide bonds. The van der Waals surface area contributed by atoms with Crippen LogP contribution >= 0.6 is 0 Å². The lowest BCUT2D eigenvalue weighted by atomic mass is 10.1. The highest BCUT2D eigenvalue weighted by molar-refractivity contribution is 6.07. The van der Waals surface area contributed by atoms with Crippen molar-refractivity contribution in [2.75, 3.05) is 5.32 Å². The van der Waals surface area contributed by atoms with Crippen LogP contribution in [-0.2, 0) is 11.3 Å². The Hall–Kier alpha value is -3.15. The number of nitrogens with one attached hydrogen (secondary N) is 2. The van der Waals surface area contributed by atoms with Gasteiger partial charge in [0, 0.05) is 24.6 Å². The SMILES string of the molecule is CC(=O)Nc1cc(C(=O)NC2=NN(Cc3ccccc3)[C@@H](C)C2)ccc1C. The molecule has 140 valence electrons. The molecule has 0 saturated carbocycles. The molecule has 2 aromatic rings. The first-order chi connectivity index (χ1) is 12.9. The highest BCUT2D eigenvalue weighted by Crippen LogP contribution is 2.19. The van der Waals surface area contributed by atoms with Crippen molar-refractivity contribution in [1.82, 2.24) is 10.3 Å². The first kappa shape index (κ1) is 18.6. The molecule has 0 unspecified atom stereocenters. The molecular formula is C21H24N4O2. The van der Waals surface area contributed by atoms with E-state index in [1.807, 2.05) is 36.2 Å². The number of amidine groups is 1. The summed E-state index contributed by atoms with van der Waals surface area (Å²) in [7, 11) is 0. The molecule has 1 aliphatic rings. The van der Waals surface area contributed by atoms with Crippen molar-refractivity contribution < 1.29 is 9.59 Å². The van der Waals surface area contributed by atoms with Crippen molar-refractivity contribution in [2.45, 2.75) is 39.8 Å². The van der Waals surface area contributed by atoms with Gasteiger partial charge in [-0.05, 0) is 37.1 Å². The number of amides is 2. The normalized spacial score (nSPS) is 16.0. The van der Waals surface area contributed by atoms with E-state index in [0.29, 0.717) is 30.1 Å². The van der Waals surface area contributed by atoms with Crippen molar-refractivity contribution in [3.05, 3.63) is 65.2 Å². The Morgan fingerprint density at radius 2 is 1.89 bits per heavy atom. The lowest BCUT2D eigenvalue weighted by Gasteiger charge is -2.19. The number of hydrogen-bond acceptors (Lipinski definition) is 4. The number of aryl methyl sites for hydroxylation is 1. The average Bonchev–Trinajstić information content (AvgIpc) is 2.96. The monoisotopic (exact) mass is 364 g/mol. The first-order valence-corrected chi connectivity index (χ1v) is 9.00. The van der Waals surface area contributed by atoms with Gasteiger partial charge in [0.25, 0.3) is 5.91 Å². The third-order valence-corrected chi connectivity index (χ3v) is 4.50. The third-order valence-electron chi connectivity index (χ3n) is 4.50. The van der Waals surface area contributed by atoms with E-state index in [4.69, 9.17) is 0 Å². The average molecular weight is 364 g/mol. The lowest BCUT2D eigenvalue weighted by Crippen LogP contribution is -2.30. The highest BCUT2D eigenvalue weighted by Gasteiger charge is 2.24. The summed E-state index contributed by atoms with van der Waals surface area (Å²) in [5.41, 5.74) is 3.21. The van der Waals surface area contributed by atoms with E-state index in [2.05, 4.69) is 34.8 Å². The Kier molecular flexibility index (Phi) is 5.54. The van der Waals surface area contributed by atoms with E-state index in [0.717, 1.165) is 5.56 Å². The van der Waals surface area contributed by atoms with Gasteiger partial charge in [0.05, 0.1) is 12.6 Å². The van der Waals surface area contributed by atoms with Gasteiger partial charge in [-0.15, -0.1) is 0 Å². The fourth-order valence-electron chi connectivity index (χ4n) is 3.01. The molecule has 2 N–H and O–H groups in total. The Morgan fingerprint density at radius 3 is 2.59 bits per heavy atom. The second-order valence-corrected chi connectivity index (χ2v) is 6.85. The number of nitrogens with zero attached hydrogens (tertiary/aromatic N) is 2. The van der Waals surface area contributed by atoms with Gasteiger partial charge in [0.2, 0.25) is 5.91 Å². The molecule has 1 heterocycles. The second-order valence-electron chi connectivity index (χ2n) is 6.85. The van der Waals surface area contributed by atoms with Gasteiger partial charge in [0.15, 0.2) is 0 Å². The third kappa shape index (κ3) is 4.73. The minimum atomic E-state index is -0.228. The van der Waals surface area contributed by atoms with Crippen molar-refractivity contribution in [3.8, 4) is 0 Å².